The Morgan fingerprint density at radius 3 is 2.17 bits per heavy atom. The van der Waals surface area contributed by atoms with Crippen LogP contribution < -0.4 is 21.9 Å². The van der Waals surface area contributed by atoms with Crippen LogP contribution in [0.5, 0.6) is 5.75 Å². The van der Waals surface area contributed by atoms with Gasteiger partial charge in [0.1, 0.15) is 65.4 Å². The van der Waals surface area contributed by atoms with Crippen molar-refractivity contribution in [3.63, 3.8) is 0 Å². The fourth-order valence-electron chi connectivity index (χ4n) is 4.21. The van der Waals surface area contributed by atoms with E-state index in [9.17, 15) is 20.1 Å². The van der Waals surface area contributed by atoms with Gasteiger partial charge in [0, 0.05) is 21.9 Å². The summed E-state index contributed by atoms with van der Waals surface area (Å²) in [6.07, 6.45) is -0.962. The maximum Gasteiger partial charge on any atom is 0.323 e. The number of hydrogen-bond donors (Lipinski definition) is 3. The van der Waals surface area contributed by atoms with Crippen molar-refractivity contribution in [2.24, 2.45) is 11.5 Å². The summed E-state index contributed by atoms with van der Waals surface area (Å²) in [6, 6.07) is 16.1. The molecule has 0 saturated heterocycles. The number of hydrogen-bond acceptors (Lipinski definition) is 14. The van der Waals surface area contributed by atoms with Gasteiger partial charge in [-0.15, -0.1) is 0 Å². The van der Waals surface area contributed by atoms with E-state index in [0.717, 1.165) is 5.56 Å². The second-order valence-corrected chi connectivity index (χ2v) is 12.0. The number of esters is 2. The summed E-state index contributed by atoms with van der Waals surface area (Å²) in [6.45, 7) is 4.26. The Bertz CT molecular complexity index is 1870. The molecule has 0 amide bonds. The molecule has 0 aliphatic heterocycles. The molecule has 0 bridgehead atoms. The van der Waals surface area contributed by atoms with E-state index in [0.29, 0.717) is 50.0 Å². The van der Waals surface area contributed by atoms with Gasteiger partial charge in [0.25, 0.3) is 0 Å². The molecule has 2 unspecified atom stereocenters. The van der Waals surface area contributed by atoms with Crippen LogP contribution >= 0.6 is 23.4 Å². The van der Waals surface area contributed by atoms with Crippen LogP contribution in [-0.4, -0.2) is 53.3 Å². The van der Waals surface area contributed by atoms with Crippen molar-refractivity contribution in [2.75, 3.05) is 18.9 Å². The molecule has 0 radical (unpaired) electrons. The average Bonchev–Trinajstić information content (AvgIpc) is 3.44. The van der Waals surface area contributed by atoms with Gasteiger partial charge in [-0.3, -0.25) is 9.59 Å². The maximum absolute atomic E-state index is 12.1. The van der Waals surface area contributed by atoms with Gasteiger partial charge in [0.05, 0.1) is 11.3 Å². The molecule has 4 aromatic rings. The zero-order chi connectivity index (χ0) is 35.0. The van der Waals surface area contributed by atoms with Crippen LogP contribution in [0.2, 0.25) is 5.02 Å². The molecule has 0 spiro atoms. The molecule has 3 atom stereocenters. The lowest BCUT2D eigenvalue weighted by molar-refractivity contribution is -0.162. The monoisotopic (exact) mass is 689 g/mol. The number of benzene rings is 2. The summed E-state index contributed by atoms with van der Waals surface area (Å²) in [5, 5.41) is 21.1. The van der Waals surface area contributed by atoms with Crippen LogP contribution in [-0.2, 0) is 24.8 Å². The van der Waals surface area contributed by atoms with Crippen LogP contribution in [0.25, 0.3) is 22.6 Å². The van der Waals surface area contributed by atoms with Gasteiger partial charge in [-0.25, -0.2) is 9.97 Å². The lowest BCUT2D eigenvalue weighted by atomic mass is 9.97. The smallest absolute Gasteiger partial charge is 0.323 e. The summed E-state index contributed by atoms with van der Waals surface area (Å²) in [5.41, 5.74) is 19.8. The molecule has 0 aliphatic rings. The van der Waals surface area contributed by atoms with Crippen molar-refractivity contribution >= 4 is 41.1 Å². The number of nitrogen functional groups attached to an aromatic ring is 1. The maximum atomic E-state index is 12.1. The van der Waals surface area contributed by atoms with Crippen molar-refractivity contribution < 1.29 is 28.2 Å². The normalized spacial score (nSPS) is 12.7. The van der Waals surface area contributed by atoms with Crippen LogP contribution in [0, 0.1) is 29.6 Å². The topological polar surface area (TPSA) is 226 Å². The minimum absolute atomic E-state index is 0.0341. The van der Waals surface area contributed by atoms with Crippen molar-refractivity contribution in [1.82, 2.24) is 9.97 Å². The molecule has 15 heteroatoms. The van der Waals surface area contributed by atoms with Gasteiger partial charge in [-0.05, 0) is 62.7 Å². The number of thioether (sulfide) groups is 1. The summed E-state index contributed by atoms with van der Waals surface area (Å²) >= 11 is 7.23. The minimum atomic E-state index is -0.962. The van der Waals surface area contributed by atoms with Crippen LogP contribution in [0.1, 0.15) is 36.4 Å². The lowest BCUT2D eigenvalue weighted by Gasteiger charge is -2.20. The second kappa shape index (κ2) is 16.1. The van der Waals surface area contributed by atoms with Crippen LogP contribution in [0.15, 0.2) is 58.0 Å². The van der Waals surface area contributed by atoms with E-state index in [4.69, 9.17) is 47.4 Å². The summed E-state index contributed by atoms with van der Waals surface area (Å²) in [5.74, 6) is 0.310. The highest BCUT2D eigenvalue weighted by Crippen LogP contribution is 2.37. The third kappa shape index (κ3) is 8.82. The number of oxazole rings is 1. The van der Waals surface area contributed by atoms with Gasteiger partial charge in [-0.2, -0.15) is 10.5 Å². The van der Waals surface area contributed by atoms with Crippen molar-refractivity contribution in [2.45, 2.75) is 49.7 Å². The molecule has 2 heterocycles. The zero-order valence-corrected chi connectivity index (χ0v) is 27.8. The first-order chi connectivity index (χ1) is 22.9. The Hall–Kier alpha value is -5.12. The molecule has 4 rings (SSSR count). The third-order valence-electron chi connectivity index (χ3n) is 6.76. The molecule has 6 N–H and O–H groups in total. The van der Waals surface area contributed by atoms with Gasteiger partial charge >= 0.3 is 11.9 Å². The Kier molecular flexibility index (Phi) is 12.0. The van der Waals surface area contributed by atoms with E-state index in [2.05, 4.69) is 22.1 Å². The van der Waals surface area contributed by atoms with Crippen molar-refractivity contribution in [1.29, 1.82) is 10.5 Å². The zero-order valence-electron chi connectivity index (χ0n) is 26.2. The van der Waals surface area contributed by atoms with E-state index in [1.165, 1.54) is 25.6 Å². The second-order valence-electron chi connectivity index (χ2n) is 10.6. The highest BCUT2D eigenvalue weighted by molar-refractivity contribution is 7.98. The molecule has 0 fully saturated rings. The van der Waals surface area contributed by atoms with E-state index in [1.54, 1.807) is 55.5 Å². The number of nitriles is 2. The summed E-state index contributed by atoms with van der Waals surface area (Å²) in [7, 11) is 0. The first-order valence-corrected chi connectivity index (χ1v) is 15.9. The number of nitrogens with two attached hydrogens (primary N) is 3. The summed E-state index contributed by atoms with van der Waals surface area (Å²) in [4.78, 5) is 32.9. The SMILES string of the molecule is Cc1oc(-c2ccc(Cl)cc2)nc1CSc1nc(N)c(C#N)c(-c2ccc(OC[C@@H](COC(=O)C(C)N)OC(=O)C(C)N)cc2)c1C#N. The van der Waals surface area contributed by atoms with Gasteiger partial charge < -0.3 is 35.8 Å². The predicted octanol–water partition coefficient (Wildman–Crippen LogP) is 4.51. The van der Waals surface area contributed by atoms with E-state index in [1.807, 2.05) is 0 Å². The number of carbonyl (C=O) groups excluding carboxylic acids is 2. The quantitative estimate of drug-likeness (QED) is 0.130. The molecule has 2 aromatic heterocycles. The van der Waals surface area contributed by atoms with Crippen LogP contribution in [0.3, 0.4) is 0 Å². The number of pyridine rings is 1. The molecule has 13 nitrogen and oxygen atoms in total. The van der Waals surface area contributed by atoms with E-state index < -0.39 is 30.1 Å². The number of nitrogens with zero attached hydrogens (tertiary/aromatic N) is 4. The predicted molar refractivity (Wildman–Crippen MR) is 178 cm³/mol. The first-order valence-electron chi connectivity index (χ1n) is 14.5. The standard InChI is InChI=1S/C33H32ClN7O6S/c1-17(37)32(42)45-15-24(47-33(43)18(2)38)14-44-23-10-6-20(7-11-23)28-25(12-35)29(39)41-31(26(28)13-36)48-16-27-19(3)46-30(40-27)21-4-8-22(34)9-5-21/h4-11,17-18,24H,14-16,37-38H2,1-3H3,(H2,39,41)/t17?,18?,24-/m0/s1. The molecule has 0 saturated carbocycles. The molecular weight excluding hydrogens is 658 g/mol. The first kappa shape index (κ1) is 35.7. The van der Waals surface area contributed by atoms with Gasteiger partial charge in [-0.1, -0.05) is 35.5 Å². The van der Waals surface area contributed by atoms with E-state index in [-0.39, 0.29) is 30.2 Å². The number of aromatic nitrogens is 2. The third-order valence-corrected chi connectivity index (χ3v) is 8.00. The number of anilines is 1. The van der Waals surface area contributed by atoms with Crippen LogP contribution in [0.4, 0.5) is 5.82 Å². The Balaban J connectivity index is 1.54. The Morgan fingerprint density at radius 1 is 0.938 bits per heavy atom. The molecule has 248 valence electrons. The number of halogens is 1. The van der Waals surface area contributed by atoms with E-state index >= 15 is 0 Å². The van der Waals surface area contributed by atoms with Gasteiger partial charge in [0.2, 0.25) is 5.89 Å². The lowest BCUT2D eigenvalue weighted by Crippen LogP contribution is -2.38. The highest BCUT2D eigenvalue weighted by atomic mass is 35.5. The average molecular weight is 690 g/mol. The minimum Gasteiger partial charge on any atom is -0.490 e. The number of rotatable bonds is 13. The highest BCUT2D eigenvalue weighted by Gasteiger charge is 2.23. The van der Waals surface area contributed by atoms with Crippen molar-refractivity contribution in [3.8, 4) is 40.5 Å². The summed E-state index contributed by atoms with van der Waals surface area (Å²) < 4.78 is 22.1. The molecule has 48 heavy (non-hydrogen) atoms. The fraction of sp³-hybridized carbons (Fsp3) is 0.273. The molecular formula is C33H32ClN7O6S. The fourth-order valence-corrected chi connectivity index (χ4v) is 5.33. The largest absolute Gasteiger partial charge is 0.490 e. The Labute approximate surface area is 285 Å². The number of ether oxygens (including phenoxy) is 3. The number of aryl methyl sites for hydroxylation is 1. The number of carbonyl (C=O) groups is 2. The Morgan fingerprint density at radius 2 is 1.56 bits per heavy atom. The van der Waals surface area contributed by atoms with Gasteiger partial charge in [0.15, 0.2) is 6.10 Å². The van der Waals surface area contributed by atoms with Crippen molar-refractivity contribution in [3.05, 3.63) is 76.1 Å². The molecule has 2 aromatic carbocycles. The molecule has 0 aliphatic carbocycles.